The zero-order valence-corrected chi connectivity index (χ0v) is 10.7. The van der Waals surface area contributed by atoms with Gasteiger partial charge in [0.25, 0.3) is 0 Å². The summed E-state index contributed by atoms with van der Waals surface area (Å²) in [6.07, 6.45) is 1.48. The van der Waals surface area contributed by atoms with E-state index in [2.05, 4.69) is 9.97 Å². The molecule has 7 N–H and O–H groups in total. The number of hydrogen-bond acceptors (Lipinski definition) is 6. The number of aliphatic hydroxyl groups excluding tert-OH is 3. The number of fused-ring (bicyclic) bond motifs is 1. The molecule has 0 saturated heterocycles. The molecule has 0 amide bonds. The molecule has 0 aliphatic rings. The van der Waals surface area contributed by atoms with E-state index in [1.807, 2.05) is 0 Å². The number of carbonyl (C=O) groups is 1. The van der Waals surface area contributed by atoms with Crippen LogP contribution in [0.25, 0.3) is 11.0 Å². The SMILES string of the molecule is NC(CO)(CO)CO.O=C(O)c1cccc2[nH]cnc12. The fourth-order valence-electron chi connectivity index (χ4n) is 1.29. The minimum absolute atomic E-state index is 0.230. The Kier molecular flexibility index (Phi) is 5.59. The molecule has 0 atom stereocenters. The van der Waals surface area contributed by atoms with E-state index >= 15 is 0 Å². The van der Waals surface area contributed by atoms with Crippen LogP contribution in [-0.2, 0) is 0 Å². The number of para-hydroxylation sites is 1. The lowest BCUT2D eigenvalue weighted by molar-refractivity contribution is 0.0692. The van der Waals surface area contributed by atoms with E-state index < -0.39 is 31.3 Å². The van der Waals surface area contributed by atoms with E-state index in [1.54, 1.807) is 12.1 Å². The molecule has 8 nitrogen and oxygen atoms in total. The second kappa shape index (κ2) is 6.96. The quantitative estimate of drug-likeness (QED) is 0.417. The molecule has 20 heavy (non-hydrogen) atoms. The van der Waals surface area contributed by atoms with E-state index in [0.717, 1.165) is 5.52 Å². The third kappa shape index (κ3) is 3.75. The van der Waals surface area contributed by atoms with Crippen LogP contribution < -0.4 is 5.73 Å². The lowest BCUT2D eigenvalue weighted by Crippen LogP contribution is -2.50. The number of aromatic nitrogens is 2. The van der Waals surface area contributed by atoms with Gasteiger partial charge in [0.2, 0.25) is 0 Å². The Labute approximate surface area is 114 Å². The Morgan fingerprint density at radius 2 is 1.85 bits per heavy atom. The molecule has 8 heteroatoms. The fraction of sp³-hybridized carbons (Fsp3) is 0.333. The van der Waals surface area contributed by atoms with Crippen LogP contribution in [0.3, 0.4) is 0 Å². The van der Waals surface area contributed by atoms with Crippen LogP contribution in [0, 0.1) is 0 Å². The molecule has 110 valence electrons. The third-order valence-electron chi connectivity index (χ3n) is 2.62. The zero-order valence-electron chi connectivity index (χ0n) is 10.7. The van der Waals surface area contributed by atoms with E-state index in [1.165, 1.54) is 12.4 Å². The van der Waals surface area contributed by atoms with Crippen molar-refractivity contribution in [2.24, 2.45) is 5.73 Å². The van der Waals surface area contributed by atoms with Gasteiger partial charge in [0.05, 0.1) is 42.8 Å². The van der Waals surface area contributed by atoms with Crippen molar-refractivity contribution < 1.29 is 25.2 Å². The number of benzene rings is 1. The summed E-state index contributed by atoms with van der Waals surface area (Å²) in [5.74, 6) is -0.951. The average Bonchev–Trinajstić information content (AvgIpc) is 2.95. The predicted octanol–water partition coefficient (Wildman–Crippen LogP) is -1.08. The number of aliphatic hydroxyl groups is 3. The Bertz CT molecular complexity index is 557. The van der Waals surface area contributed by atoms with Crippen molar-refractivity contribution in [2.45, 2.75) is 5.54 Å². The van der Waals surface area contributed by atoms with Crippen molar-refractivity contribution >= 4 is 17.0 Å². The number of carboxylic acid groups (broad SMARTS) is 1. The van der Waals surface area contributed by atoms with Crippen molar-refractivity contribution in [2.75, 3.05) is 19.8 Å². The van der Waals surface area contributed by atoms with E-state index in [9.17, 15) is 4.79 Å². The monoisotopic (exact) mass is 283 g/mol. The zero-order chi connectivity index (χ0) is 15.2. The van der Waals surface area contributed by atoms with Gasteiger partial charge in [0.15, 0.2) is 0 Å². The highest BCUT2D eigenvalue weighted by Crippen LogP contribution is 2.13. The summed E-state index contributed by atoms with van der Waals surface area (Å²) < 4.78 is 0. The number of aromatic amines is 1. The van der Waals surface area contributed by atoms with Crippen molar-refractivity contribution in [1.29, 1.82) is 0 Å². The first-order valence-corrected chi connectivity index (χ1v) is 5.74. The maximum atomic E-state index is 10.7. The maximum absolute atomic E-state index is 10.7. The van der Waals surface area contributed by atoms with Crippen LogP contribution in [0.4, 0.5) is 0 Å². The number of aromatic carboxylic acids is 1. The van der Waals surface area contributed by atoms with Crippen molar-refractivity contribution in [1.82, 2.24) is 9.97 Å². The summed E-state index contributed by atoms with van der Waals surface area (Å²) in [4.78, 5) is 17.4. The Balaban J connectivity index is 0.000000221. The lowest BCUT2D eigenvalue weighted by Gasteiger charge is -2.20. The van der Waals surface area contributed by atoms with Gasteiger partial charge < -0.3 is 31.1 Å². The highest BCUT2D eigenvalue weighted by molar-refractivity contribution is 6.00. The topological polar surface area (TPSA) is 153 Å². The molecule has 0 saturated carbocycles. The van der Waals surface area contributed by atoms with Crippen LogP contribution in [0.5, 0.6) is 0 Å². The first kappa shape index (κ1) is 16.1. The number of nitrogens with two attached hydrogens (primary N) is 1. The number of carboxylic acids is 1. The number of hydrogen-bond donors (Lipinski definition) is 6. The van der Waals surface area contributed by atoms with Crippen LogP contribution in [0.15, 0.2) is 24.5 Å². The molecule has 0 bridgehead atoms. The van der Waals surface area contributed by atoms with Crippen LogP contribution in [0.1, 0.15) is 10.4 Å². The second-order valence-corrected chi connectivity index (χ2v) is 4.25. The molecule has 0 fully saturated rings. The maximum Gasteiger partial charge on any atom is 0.337 e. The highest BCUT2D eigenvalue weighted by atomic mass is 16.4. The number of nitrogens with zero attached hydrogens (tertiary/aromatic N) is 1. The van der Waals surface area contributed by atoms with Gasteiger partial charge in [-0.25, -0.2) is 9.78 Å². The highest BCUT2D eigenvalue weighted by Gasteiger charge is 2.20. The number of rotatable bonds is 4. The molecular formula is C12H17N3O5. The molecule has 0 unspecified atom stereocenters. The Morgan fingerprint density at radius 1 is 1.25 bits per heavy atom. The van der Waals surface area contributed by atoms with Crippen molar-refractivity contribution in [3.8, 4) is 0 Å². The van der Waals surface area contributed by atoms with Crippen molar-refractivity contribution in [3.05, 3.63) is 30.1 Å². The minimum Gasteiger partial charge on any atom is -0.478 e. The van der Waals surface area contributed by atoms with Gasteiger partial charge in [-0.1, -0.05) is 6.07 Å². The number of H-pyrrole nitrogens is 1. The molecule has 0 spiro atoms. The molecular weight excluding hydrogens is 266 g/mol. The average molecular weight is 283 g/mol. The molecule has 2 aromatic rings. The third-order valence-corrected chi connectivity index (χ3v) is 2.62. The van der Waals surface area contributed by atoms with E-state index in [-0.39, 0.29) is 5.56 Å². The molecule has 0 aliphatic heterocycles. The lowest BCUT2D eigenvalue weighted by atomic mass is 10.1. The van der Waals surface area contributed by atoms with Gasteiger partial charge in [0.1, 0.15) is 5.52 Å². The van der Waals surface area contributed by atoms with Gasteiger partial charge in [-0.2, -0.15) is 0 Å². The largest absolute Gasteiger partial charge is 0.478 e. The van der Waals surface area contributed by atoms with E-state index in [0.29, 0.717) is 5.52 Å². The van der Waals surface area contributed by atoms with Crippen LogP contribution in [0.2, 0.25) is 0 Å². The summed E-state index contributed by atoms with van der Waals surface area (Å²) >= 11 is 0. The normalized spacial score (nSPS) is 11.0. The first-order chi connectivity index (χ1) is 9.47. The molecule has 1 heterocycles. The van der Waals surface area contributed by atoms with E-state index in [4.69, 9.17) is 26.2 Å². The fourth-order valence-corrected chi connectivity index (χ4v) is 1.29. The predicted molar refractivity (Wildman–Crippen MR) is 71.2 cm³/mol. The van der Waals surface area contributed by atoms with Crippen LogP contribution >= 0.6 is 0 Å². The van der Waals surface area contributed by atoms with Crippen molar-refractivity contribution in [3.63, 3.8) is 0 Å². The van der Waals surface area contributed by atoms with Gasteiger partial charge in [-0.15, -0.1) is 0 Å². The van der Waals surface area contributed by atoms with Gasteiger partial charge in [0, 0.05) is 0 Å². The summed E-state index contributed by atoms with van der Waals surface area (Å²) in [5.41, 5.74) is 5.42. The van der Waals surface area contributed by atoms with Crippen LogP contribution in [-0.4, -0.2) is 61.7 Å². The van der Waals surface area contributed by atoms with Gasteiger partial charge >= 0.3 is 5.97 Å². The summed E-state index contributed by atoms with van der Waals surface area (Å²) in [7, 11) is 0. The molecule has 0 radical (unpaired) electrons. The summed E-state index contributed by atoms with van der Waals surface area (Å²) in [5, 5.41) is 33.8. The number of imidazole rings is 1. The summed E-state index contributed by atoms with van der Waals surface area (Å²) in [6.45, 7) is -1.21. The molecule has 0 aliphatic carbocycles. The number of nitrogens with one attached hydrogen (secondary N) is 1. The second-order valence-electron chi connectivity index (χ2n) is 4.25. The molecule has 2 rings (SSSR count). The molecule has 1 aromatic heterocycles. The van der Waals surface area contributed by atoms with Gasteiger partial charge in [-0.3, -0.25) is 0 Å². The smallest absolute Gasteiger partial charge is 0.337 e. The van der Waals surface area contributed by atoms with Gasteiger partial charge in [-0.05, 0) is 12.1 Å². The minimum atomic E-state index is -1.21. The summed E-state index contributed by atoms with van der Waals surface area (Å²) in [6, 6.07) is 5.00. The molecule has 1 aromatic carbocycles. The Hall–Kier alpha value is -2.00. The Morgan fingerprint density at radius 3 is 2.30 bits per heavy atom. The standard InChI is InChI=1S/C8H6N2O2.C4H11NO3/c11-8(12)5-2-1-3-6-7(5)10-4-9-6;5-4(1-6,2-7)3-8/h1-4H,(H,9,10)(H,11,12);6-8H,1-3,5H2. The first-order valence-electron chi connectivity index (χ1n) is 5.74.